The van der Waals surface area contributed by atoms with Crippen molar-refractivity contribution in [2.24, 2.45) is 39.4 Å². The van der Waals surface area contributed by atoms with E-state index in [1.165, 1.54) is 12.8 Å². The number of aliphatic hydroxyl groups is 1. The molecular weight excluding hydrogens is 408 g/mol. The van der Waals surface area contributed by atoms with Crippen LogP contribution in [0.1, 0.15) is 99.8 Å². The summed E-state index contributed by atoms with van der Waals surface area (Å²) in [5, 5.41) is 19.9. The van der Waals surface area contributed by atoms with Crippen LogP contribution in [0, 0.1) is 39.4 Å². The lowest BCUT2D eigenvalue weighted by Gasteiger charge is -2.61. The largest absolute Gasteiger partial charge is 0.478 e. The van der Waals surface area contributed by atoms with Crippen LogP contribution in [0.3, 0.4) is 0 Å². The molecule has 4 rings (SSSR count). The standard InChI is InChI=1S/C30H46O3/c1-19(9-8-10-20(2)26(32)33)21-13-17-30(7)23-11-12-24-27(3,4)25(31)15-16-28(24,5)22(23)14-18-29(21,30)6/h10-11,14,19,21,24-25,31H,8-9,12-13,15-18H2,1-7H3,(H,32,33)/t19-,21-,24?,25+,28-,29-,30+/m0/s1. The summed E-state index contributed by atoms with van der Waals surface area (Å²) in [4.78, 5) is 11.1. The van der Waals surface area contributed by atoms with E-state index in [0.29, 0.717) is 23.3 Å². The molecule has 2 N–H and O–H groups in total. The third kappa shape index (κ3) is 3.51. The number of rotatable bonds is 5. The number of hydrogen-bond acceptors (Lipinski definition) is 2. The molecule has 0 aliphatic heterocycles. The minimum Gasteiger partial charge on any atom is -0.478 e. The second-order valence-corrected chi connectivity index (χ2v) is 13.2. The number of allylic oxidation sites excluding steroid dienone is 5. The van der Waals surface area contributed by atoms with Gasteiger partial charge in [-0.2, -0.15) is 0 Å². The molecule has 0 amide bonds. The quantitative estimate of drug-likeness (QED) is 0.428. The summed E-state index contributed by atoms with van der Waals surface area (Å²) in [7, 11) is 0. The molecule has 4 aliphatic carbocycles. The van der Waals surface area contributed by atoms with Gasteiger partial charge in [-0.3, -0.25) is 0 Å². The number of aliphatic carboxylic acids is 1. The van der Waals surface area contributed by atoms with Gasteiger partial charge in [-0.25, -0.2) is 4.79 Å². The van der Waals surface area contributed by atoms with Crippen molar-refractivity contribution < 1.29 is 15.0 Å². The van der Waals surface area contributed by atoms with Gasteiger partial charge in [0.2, 0.25) is 0 Å². The van der Waals surface area contributed by atoms with E-state index in [-0.39, 0.29) is 27.8 Å². The molecule has 0 aromatic heterocycles. The Kier molecular flexibility index (Phi) is 6.08. The van der Waals surface area contributed by atoms with E-state index in [9.17, 15) is 9.90 Å². The lowest BCUT2D eigenvalue weighted by atomic mass is 9.44. The first-order valence-corrected chi connectivity index (χ1v) is 13.3. The monoisotopic (exact) mass is 454 g/mol. The number of hydrogen-bond donors (Lipinski definition) is 2. The Hall–Kier alpha value is -1.35. The molecule has 0 spiro atoms. The molecule has 2 saturated carbocycles. The van der Waals surface area contributed by atoms with Crippen molar-refractivity contribution in [1.82, 2.24) is 0 Å². The van der Waals surface area contributed by atoms with Crippen LogP contribution < -0.4 is 0 Å². The summed E-state index contributed by atoms with van der Waals surface area (Å²) in [6.45, 7) is 16.2. The maximum absolute atomic E-state index is 11.1. The predicted molar refractivity (Wildman–Crippen MR) is 135 cm³/mol. The second kappa shape index (κ2) is 8.11. The second-order valence-electron chi connectivity index (χ2n) is 13.2. The fourth-order valence-corrected chi connectivity index (χ4v) is 8.80. The van der Waals surface area contributed by atoms with E-state index in [0.717, 1.165) is 38.5 Å². The molecule has 3 heteroatoms. The van der Waals surface area contributed by atoms with Crippen LogP contribution >= 0.6 is 0 Å². The normalized spacial score (nSPS) is 43.0. The van der Waals surface area contributed by atoms with E-state index >= 15 is 0 Å². The number of fused-ring (bicyclic) bond motifs is 5. The van der Waals surface area contributed by atoms with Crippen LogP contribution in [0.5, 0.6) is 0 Å². The lowest BCUT2D eigenvalue weighted by Crippen LogP contribution is -2.54. The third-order valence-corrected chi connectivity index (χ3v) is 11.4. The lowest BCUT2D eigenvalue weighted by molar-refractivity contribution is -0.132. The van der Waals surface area contributed by atoms with Crippen LogP contribution in [0.4, 0.5) is 0 Å². The summed E-state index contributed by atoms with van der Waals surface area (Å²) >= 11 is 0. The zero-order valence-corrected chi connectivity index (χ0v) is 22.0. The molecule has 7 atom stereocenters. The van der Waals surface area contributed by atoms with Gasteiger partial charge in [-0.15, -0.1) is 0 Å². The smallest absolute Gasteiger partial charge is 0.330 e. The SMILES string of the molecule is CC(=CCC[C@H](C)[C@@H]1CC[C@]2(C)C3=CCC4C(C)(C)[C@H](O)CC[C@@]4(C)C3=CC[C@@]12C)C(=O)O. The van der Waals surface area contributed by atoms with Gasteiger partial charge < -0.3 is 10.2 Å². The van der Waals surface area contributed by atoms with E-state index in [1.54, 1.807) is 18.1 Å². The Balaban J connectivity index is 1.61. The molecule has 4 aliphatic rings. The fraction of sp³-hybridized carbons (Fsp3) is 0.767. The van der Waals surface area contributed by atoms with E-state index in [4.69, 9.17) is 5.11 Å². The molecule has 0 bridgehead atoms. The molecule has 184 valence electrons. The molecule has 0 heterocycles. The van der Waals surface area contributed by atoms with E-state index in [2.05, 4.69) is 53.7 Å². The van der Waals surface area contributed by atoms with Gasteiger partial charge in [0.15, 0.2) is 0 Å². The number of carboxylic acid groups (broad SMARTS) is 1. The Morgan fingerprint density at radius 3 is 2.48 bits per heavy atom. The van der Waals surface area contributed by atoms with E-state index in [1.807, 2.05) is 6.08 Å². The predicted octanol–water partition coefficient (Wildman–Crippen LogP) is 7.32. The van der Waals surface area contributed by atoms with Crippen LogP contribution in [-0.2, 0) is 4.79 Å². The first kappa shape index (κ1) is 24.8. The zero-order chi connectivity index (χ0) is 24.4. The highest BCUT2D eigenvalue weighted by molar-refractivity contribution is 5.85. The number of aliphatic hydroxyl groups excluding tert-OH is 1. The highest BCUT2D eigenvalue weighted by atomic mass is 16.4. The number of carboxylic acids is 1. The van der Waals surface area contributed by atoms with Crippen molar-refractivity contribution in [2.75, 3.05) is 0 Å². The molecule has 0 aromatic rings. The highest BCUT2D eigenvalue weighted by Gasteiger charge is 2.62. The van der Waals surface area contributed by atoms with Crippen molar-refractivity contribution >= 4 is 5.97 Å². The fourth-order valence-electron chi connectivity index (χ4n) is 8.80. The van der Waals surface area contributed by atoms with Crippen LogP contribution in [0.15, 0.2) is 34.9 Å². The van der Waals surface area contributed by atoms with Gasteiger partial charge in [0, 0.05) is 5.57 Å². The summed E-state index contributed by atoms with van der Waals surface area (Å²) in [5.41, 5.74) is 4.26. The molecule has 3 nitrogen and oxygen atoms in total. The Morgan fingerprint density at radius 1 is 1.12 bits per heavy atom. The van der Waals surface area contributed by atoms with Gasteiger partial charge >= 0.3 is 5.97 Å². The molecule has 0 radical (unpaired) electrons. The maximum Gasteiger partial charge on any atom is 0.330 e. The maximum atomic E-state index is 11.1. The van der Waals surface area contributed by atoms with Gasteiger partial charge in [-0.1, -0.05) is 59.8 Å². The van der Waals surface area contributed by atoms with Gasteiger partial charge in [-0.05, 0) is 109 Å². The topological polar surface area (TPSA) is 57.5 Å². The van der Waals surface area contributed by atoms with Crippen molar-refractivity contribution in [3.63, 3.8) is 0 Å². The van der Waals surface area contributed by atoms with Crippen molar-refractivity contribution in [3.05, 3.63) is 34.9 Å². The average Bonchev–Trinajstić information content (AvgIpc) is 3.02. The molecule has 2 fully saturated rings. The first-order chi connectivity index (χ1) is 15.3. The molecule has 33 heavy (non-hydrogen) atoms. The third-order valence-electron chi connectivity index (χ3n) is 11.4. The Morgan fingerprint density at radius 2 is 1.82 bits per heavy atom. The van der Waals surface area contributed by atoms with Crippen molar-refractivity contribution in [2.45, 2.75) is 106 Å². The summed E-state index contributed by atoms with van der Waals surface area (Å²) in [6, 6.07) is 0. The van der Waals surface area contributed by atoms with Gasteiger partial charge in [0.05, 0.1) is 6.10 Å². The van der Waals surface area contributed by atoms with Crippen LogP contribution in [0.2, 0.25) is 0 Å². The van der Waals surface area contributed by atoms with Crippen molar-refractivity contribution in [1.29, 1.82) is 0 Å². The Labute approximate surface area is 201 Å². The number of carbonyl (C=O) groups is 1. The zero-order valence-electron chi connectivity index (χ0n) is 22.0. The first-order valence-electron chi connectivity index (χ1n) is 13.3. The average molecular weight is 455 g/mol. The minimum absolute atomic E-state index is 0.0498. The Bertz CT molecular complexity index is 908. The molecule has 0 saturated heterocycles. The van der Waals surface area contributed by atoms with Gasteiger partial charge in [0.25, 0.3) is 0 Å². The molecular formula is C30H46O3. The van der Waals surface area contributed by atoms with Crippen molar-refractivity contribution in [3.8, 4) is 0 Å². The van der Waals surface area contributed by atoms with E-state index < -0.39 is 5.97 Å². The highest BCUT2D eigenvalue weighted by Crippen LogP contribution is 2.71. The summed E-state index contributed by atoms with van der Waals surface area (Å²) in [6.07, 6.45) is 15.5. The van der Waals surface area contributed by atoms with Crippen LogP contribution in [0.25, 0.3) is 0 Å². The minimum atomic E-state index is -0.803. The summed E-state index contributed by atoms with van der Waals surface area (Å²) < 4.78 is 0. The summed E-state index contributed by atoms with van der Waals surface area (Å²) in [5.74, 6) is 0.940. The van der Waals surface area contributed by atoms with Gasteiger partial charge in [0.1, 0.15) is 0 Å². The van der Waals surface area contributed by atoms with Crippen LogP contribution in [-0.4, -0.2) is 22.3 Å². The molecule has 0 aromatic carbocycles. The molecule has 1 unspecified atom stereocenters.